The van der Waals surface area contributed by atoms with E-state index < -0.39 is 23.4 Å². The Bertz CT molecular complexity index is 1430. The Hall–Kier alpha value is -3.54. The summed E-state index contributed by atoms with van der Waals surface area (Å²) < 4.78 is 14.3. The number of imide groups is 1. The molecule has 3 amide bonds. The van der Waals surface area contributed by atoms with Crippen LogP contribution in [-0.2, 0) is 11.2 Å². The molecular weight excluding hydrogens is 483 g/mol. The largest absolute Gasteiger partial charge is 0.508 e. The maximum Gasteiger partial charge on any atom is 0.328 e. The molecule has 1 saturated heterocycles. The lowest BCUT2D eigenvalue weighted by Crippen LogP contribution is -2.53. The van der Waals surface area contributed by atoms with Crippen molar-refractivity contribution in [3.63, 3.8) is 0 Å². The highest BCUT2D eigenvalue weighted by Gasteiger charge is 2.60. The topological polar surface area (TPSA) is 79.9 Å². The van der Waals surface area contributed by atoms with Crippen LogP contribution in [0.5, 0.6) is 5.75 Å². The van der Waals surface area contributed by atoms with E-state index in [4.69, 9.17) is 18.0 Å². The van der Waals surface area contributed by atoms with Gasteiger partial charge in [-0.1, -0.05) is 29.7 Å². The number of urea groups is 1. The van der Waals surface area contributed by atoms with Crippen LogP contribution >= 0.6 is 11.6 Å². The first-order chi connectivity index (χ1) is 17.2. The molecule has 2 atom stereocenters. The van der Waals surface area contributed by atoms with Gasteiger partial charge in [0.05, 0.1) is 11.6 Å². The molecule has 3 aromatic rings. The predicted molar refractivity (Wildman–Crippen MR) is 135 cm³/mol. The van der Waals surface area contributed by atoms with Crippen LogP contribution < -0.4 is 0 Å². The summed E-state index contributed by atoms with van der Waals surface area (Å²) in [4.78, 5) is 35.7. The lowest BCUT2D eigenvalue weighted by atomic mass is 9.81. The first kappa shape index (κ1) is 24.2. The second-order valence-corrected chi connectivity index (χ2v) is 10.1. The van der Waals surface area contributed by atoms with Crippen molar-refractivity contribution in [3.05, 3.63) is 64.1 Å². The van der Waals surface area contributed by atoms with Gasteiger partial charge in [0, 0.05) is 36.1 Å². The number of rotatable bonds is 6. The van der Waals surface area contributed by atoms with Crippen molar-refractivity contribution in [2.24, 2.45) is 0 Å². The SMILES string of the molecule is C#CCN(C)CCCN1C(=O)N2C(c3cccc(O)c3)c3[nH]c4cc(F)c(Cl)cc4c3CC2(C)C1=O. The molecule has 5 rings (SSSR count). The summed E-state index contributed by atoms with van der Waals surface area (Å²) >= 11 is 6.11. The number of aromatic amines is 1. The number of phenolic OH excluding ortho intramolecular Hbond substituents is 1. The van der Waals surface area contributed by atoms with E-state index in [9.17, 15) is 19.1 Å². The van der Waals surface area contributed by atoms with Gasteiger partial charge in [0.25, 0.3) is 5.91 Å². The Morgan fingerprint density at radius 1 is 1.33 bits per heavy atom. The molecule has 0 aliphatic carbocycles. The highest BCUT2D eigenvalue weighted by Crippen LogP contribution is 2.49. The van der Waals surface area contributed by atoms with Crippen LogP contribution in [0.15, 0.2) is 36.4 Å². The third kappa shape index (κ3) is 3.71. The molecule has 0 bridgehead atoms. The minimum absolute atomic E-state index is 0.0164. The number of H-pyrrole nitrogens is 1. The number of carbonyl (C=O) groups is 2. The fraction of sp³-hybridized carbons (Fsp3) is 0.333. The van der Waals surface area contributed by atoms with Gasteiger partial charge in [0.1, 0.15) is 23.1 Å². The third-order valence-electron chi connectivity index (χ3n) is 7.18. The normalized spacial score (nSPS) is 21.3. The number of halogens is 2. The van der Waals surface area contributed by atoms with E-state index in [2.05, 4.69) is 10.9 Å². The number of terminal acetylenes is 1. The van der Waals surface area contributed by atoms with Gasteiger partial charge in [-0.3, -0.25) is 19.5 Å². The zero-order valence-electron chi connectivity index (χ0n) is 20.0. The number of carbonyl (C=O) groups excluding carboxylic acids is 2. The zero-order chi connectivity index (χ0) is 25.8. The van der Waals surface area contributed by atoms with Gasteiger partial charge in [0.15, 0.2) is 0 Å². The number of fused-ring (bicyclic) bond motifs is 4. The third-order valence-corrected chi connectivity index (χ3v) is 7.47. The second-order valence-electron chi connectivity index (χ2n) is 9.68. The minimum atomic E-state index is -1.17. The van der Waals surface area contributed by atoms with Crippen LogP contribution in [0, 0.1) is 18.2 Å². The average Bonchev–Trinajstić information content (AvgIpc) is 3.25. The van der Waals surface area contributed by atoms with E-state index >= 15 is 0 Å². The highest BCUT2D eigenvalue weighted by molar-refractivity contribution is 6.31. The van der Waals surface area contributed by atoms with Crippen molar-refractivity contribution in [3.8, 4) is 18.1 Å². The van der Waals surface area contributed by atoms with E-state index in [0.717, 1.165) is 5.56 Å². The number of benzene rings is 2. The van der Waals surface area contributed by atoms with Gasteiger partial charge in [-0.2, -0.15) is 0 Å². The Kier molecular flexibility index (Phi) is 5.93. The molecule has 2 unspecified atom stereocenters. The van der Waals surface area contributed by atoms with Gasteiger partial charge in [-0.05, 0) is 55.8 Å². The number of hydrogen-bond donors (Lipinski definition) is 2. The maximum absolute atomic E-state index is 14.3. The first-order valence-corrected chi connectivity index (χ1v) is 12.1. The zero-order valence-corrected chi connectivity index (χ0v) is 20.8. The Balaban J connectivity index is 1.60. The van der Waals surface area contributed by atoms with Gasteiger partial charge in [0.2, 0.25) is 0 Å². The van der Waals surface area contributed by atoms with Crippen LogP contribution in [0.2, 0.25) is 5.02 Å². The van der Waals surface area contributed by atoms with Crippen LogP contribution in [0.3, 0.4) is 0 Å². The van der Waals surface area contributed by atoms with Crippen molar-refractivity contribution >= 4 is 34.4 Å². The maximum atomic E-state index is 14.3. The molecule has 0 radical (unpaired) electrons. The highest BCUT2D eigenvalue weighted by atomic mass is 35.5. The summed E-state index contributed by atoms with van der Waals surface area (Å²) in [5, 5.41) is 10.9. The van der Waals surface area contributed by atoms with Crippen molar-refractivity contribution in [2.45, 2.75) is 31.3 Å². The molecule has 2 aliphatic heterocycles. The summed E-state index contributed by atoms with van der Waals surface area (Å²) in [6.45, 7) is 3.15. The molecule has 1 aromatic heterocycles. The molecule has 186 valence electrons. The molecule has 9 heteroatoms. The smallest absolute Gasteiger partial charge is 0.328 e. The summed E-state index contributed by atoms with van der Waals surface area (Å²) in [7, 11) is 1.89. The Labute approximate surface area is 213 Å². The summed E-state index contributed by atoms with van der Waals surface area (Å²) in [6, 6.07) is 8.41. The van der Waals surface area contributed by atoms with Crippen LogP contribution in [-0.4, -0.2) is 68.9 Å². The van der Waals surface area contributed by atoms with Gasteiger partial charge < -0.3 is 10.1 Å². The van der Waals surface area contributed by atoms with Gasteiger partial charge in [-0.15, -0.1) is 6.42 Å². The Morgan fingerprint density at radius 2 is 2.11 bits per heavy atom. The lowest BCUT2D eigenvalue weighted by Gasteiger charge is -2.42. The van der Waals surface area contributed by atoms with Crippen molar-refractivity contribution < 1.29 is 19.1 Å². The lowest BCUT2D eigenvalue weighted by molar-refractivity contribution is -0.133. The van der Waals surface area contributed by atoms with Crippen LogP contribution in [0.25, 0.3) is 10.9 Å². The number of nitrogens with one attached hydrogen (secondary N) is 1. The van der Waals surface area contributed by atoms with Gasteiger partial charge in [-0.25, -0.2) is 9.18 Å². The number of amides is 3. The van der Waals surface area contributed by atoms with Crippen molar-refractivity contribution in [2.75, 3.05) is 26.7 Å². The fourth-order valence-electron chi connectivity index (χ4n) is 5.48. The summed E-state index contributed by atoms with van der Waals surface area (Å²) in [6.07, 6.45) is 6.20. The van der Waals surface area contributed by atoms with Crippen molar-refractivity contribution in [1.82, 2.24) is 19.7 Å². The molecule has 0 spiro atoms. The standard InChI is InChI=1S/C27H26ClFN4O3/c1-4-9-31(3)10-6-11-32-25(35)27(2)15-19-18-13-20(28)21(29)14-22(18)30-23(19)24(33(27)26(32)36)16-7-5-8-17(34)12-16/h1,5,7-8,12-14,24,30,34H,6,9-11,15H2,2-3H3. The van der Waals surface area contributed by atoms with Crippen LogP contribution in [0.4, 0.5) is 9.18 Å². The molecule has 36 heavy (non-hydrogen) atoms. The second kappa shape index (κ2) is 8.84. The number of nitrogens with zero attached hydrogens (tertiary/aromatic N) is 3. The number of aromatic hydroxyl groups is 1. The number of phenols is 1. The van der Waals surface area contributed by atoms with E-state index in [-0.39, 0.29) is 29.6 Å². The molecule has 3 heterocycles. The quantitative estimate of drug-likeness (QED) is 0.384. The van der Waals surface area contributed by atoms with E-state index in [1.807, 2.05) is 11.9 Å². The first-order valence-electron chi connectivity index (χ1n) is 11.7. The molecule has 0 saturated carbocycles. The van der Waals surface area contributed by atoms with E-state index in [1.165, 1.54) is 11.0 Å². The fourth-order valence-corrected chi connectivity index (χ4v) is 5.65. The number of aromatic nitrogens is 1. The van der Waals surface area contributed by atoms with Crippen molar-refractivity contribution in [1.29, 1.82) is 0 Å². The summed E-state index contributed by atoms with van der Waals surface area (Å²) in [5.74, 6) is 1.78. The average molecular weight is 509 g/mol. The molecule has 7 nitrogen and oxygen atoms in total. The number of hydrogen-bond acceptors (Lipinski definition) is 4. The molecule has 1 fully saturated rings. The van der Waals surface area contributed by atoms with E-state index in [0.29, 0.717) is 41.7 Å². The van der Waals surface area contributed by atoms with Crippen LogP contribution in [0.1, 0.15) is 36.2 Å². The molecule has 2 N–H and O–H groups in total. The monoisotopic (exact) mass is 508 g/mol. The predicted octanol–water partition coefficient (Wildman–Crippen LogP) is 4.29. The molecular formula is C27H26ClFN4O3. The Morgan fingerprint density at radius 3 is 2.83 bits per heavy atom. The van der Waals surface area contributed by atoms with Gasteiger partial charge >= 0.3 is 6.03 Å². The van der Waals surface area contributed by atoms with E-state index in [1.54, 1.807) is 42.2 Å². The molecule has 2 aromatic carbocycles. The molecule has 2 aliphatic rings. The summed E-state index contributed by atoms with van der Waals surface area (Å²) in [5.41, 5.74) is 1.48. The minimum Gasteiger partial charge on any atom is -0.508 e.